The molecular weight excluding hydrogens is 302 g/mol. The summed E-state index contributed by atoms with van der Waals surface area (Å²) >= 11 is 0. The van der Waals surface area contributed by atoms with Crippen molar-refractivity contribution < 1.29 is 38.9 Å². The van der Waals surface area contributed by atoms with Crippen molar-refractivity contribution in [3.05, 3.63) is 29.3 Å². The van der Waals surface area contributed by atoms with Crippen molar-refractivity contribution in [3.8, 4) is 5.75 Å². The van der Waals surface area contributed by atoms with Gasteiger partial charge in [0, 0.05) is 0 Å². The van der Waals surface area contributed by atoms with Gasteiger partial charge in [0.1, 0.15) is 5.75 Å². The van der Waals surface area contributed by atoms with Crippen LogP contribution in [-0.4, -0.2) is 14.7 Å². The predicted molar refractivity (Wildman–Crippen MR) is 51.9 cm³/mol. The molecular formula is C9H6F6O3S. The molecule has 1 aromatic carbocycles. The smallest absolute Gasteiger partial charge is 0.383 e. The minimum absolute atomic E-state index is 0.130. The van der Waals surface area contributed by atoms with Crippen molar-refractivity contribution in [2.45, 2.75) is 12.4 Å². The second-order valence-electron chi connectivity index (χ2n) is 3.53. The average molecular weight is 308 g/mol. The van der Waals surface area contributed by atoms with Gasteiger partial charge in [-0.1, -0.05) is 0 Å². The van der Waals surface area contributed by atoms with Crippen LogP contribution in [0.15, 0.2) is 18.2 Å². The van der Waals surface area contributed by atoms with E-state index in [2.05, 4.69) is 4.18 Å². The fourth-order valence-electron chi connectivity index (χ4n) is 1.15. The molecule has 10 heteroatoms. The molecule has 0 spiro atoms. The Hall–Kier alpha value is -1.45. The third-order valence-electron chi connectivity index (χ3n) is 1.81. The van der Waals surface area contributed by atoms with Gasteiger partial charge in [-0.3, -0.25) is 0 Å². The third kappa shape index (κ3) is 4.62. The van der Waals surface area contributed by atoms with E-state index in [0.29, 0.717) is 6.26 Å². The third-order valence-corrected chi connectivity index (χ3v) is 2.30. The Morgan fingerprint density at radius 2 is 1.26 bits per heavy atom. The second kappa shape index (κ2) is 4.58. The van der Waals surface area contributed by atoms with Crippen LogP contribution >= 0.6 is 0 Å². The maximum atomic E-state index is 12.4. The Bertz CT molecular complexity index is 540. The van der Waals surface area contributed by atoms with Gasteiger partial charge in [-0.05, 0) is 18.2 Å². The van der Waals surface area contributed by atoms with E-state index in [4.69, 9.17) is 0 Å². The van der Waals surface area contributed by atoms with Crippen molar-refractivity contribution >= 4 is 10.1 Å². The highest BCUT2D eigenvalue weighted by Gasteiger charge is 2.37. The van der Waals surface area contributed by atoms with Gasteiger partial charge in [0.25, 0.3) is 0 Å². The number of rotatable bonds is 2. The number of hydrogen-bond donors (Lipinski definition) is 0. The summed E-state index contributed by atoms with van der Waals surface area (Å²) in [6.45, 7) is 0. The van der Waals surface area contributed by atoms with Crippen LogP contribution < -0.4 is 4.18 Å². The predicted octanol–water partition coefficient (Wildman–Crippen LogP) is 3.06. The quantitative estimate of drug-likeness (QED) is 0.623. The van der Waals surface area contributed by atoms with Gasteiger partial charge >= 0.3 is 22.5 Å². The first-order valence-corrected chi connectivity index (χ1v) is 6.29. The zero-order valence-electron chi connectivity index (χ0n) is 9.13. The topological polar surface area (TPSA) is 43.4 Å². The summed E-state index contributed by atoms with van der Waals surface area (Å²) in [7, 11) is -4.24. The van der Waals surface area contributed by atoms with Crippen LogP contribution in [0.2, 0.25) is 0 Å². The average Bonchev–Trinajstić information content (AvgIpc) is 2.11. The van der Waals surface area contributed by atoms with Crippen molar-refractivity contribution in [3.63, 3.8) is 0 Å². The van der Waals surface area contributed by atoms with Crippen molar-refractivity contribution in [1.29, 1.82) is 0 Å². The van der Waals surface area contributed by atoms with Crippen LogP contribution in [0.3, 0.4) is 0 Å². The van der Waals surface area contributed by atoms with Gasteiger partial charge in [0.15, 0.2) is 0 Å². The molecule has 0 saturated heterocycles. The van der Waals surface area contributed by atoms with Crippen LogP contribution in [0.4, 0.5) is 26.3 Å². The van der Waals surface area contributed by atoms with Gasteiger partial charge in [-0.2, -0.15) is 34.8 Å². The highest BCUT2D eigenvalue weighted by molar-refractivity contribution is 7.86. The summed E-state index contributed by atoms with van der Waals surface area (Å²) in [5, 5.41) is 0. The summed E-state index contributed by atoms with van der Waals surface area (Å²) in [4.78, 5) is 0. The number of hydrogen-bond acceptors (Lipinski definition) is 3. The summed E-state index contributed by atoms with van der Waals surface area (Å²) in [6.07, 6.45) is -9.62. The zero-order chi connectivity index (χ0) is 15.1. The van der Waals surface area contributed by atoms with E-state index >= 15 is 0 Å². The SMILES string of the molecule is CS(=O)(=O)Oc1cc(C(F)(F)F)cc(C(F)(F)F)c1. The fourth-order valence-corrected chi connectivity index (χ4v) is 1.60. The molecule has 0 bridgehead atoms. The number of benzene rings is 1. The molecule has 0 aliphatic heterocycles. The van der Waals surface area contributed by atoms with E-state index in [1.807, 2.05) is 0 Å². The molecule has 0 unspecified atom stereocenters. The first-order valence-electron chi connectivity index (χ1n) is 4.48. The zero-order valence-corrected chi connectivity index (χ0v) is 9.95. The van der Waals surface area contributed by atoms with E-state index in [0.717, 1.165) is 0 Å². The molecule has 108 valence electrons. The molecule has 1 aromatic rings. The molecule has 0 aromatic heterocycles. The first kappa shape index (κ1) is 15.6. The molecule has 0 amide bonds. The summed E-state index contributed by atoms with van der Waals surface area (Å²) < 4.78 is 99.9. The second-order valence-corrected chi connectivity index (χ2v) is 5.10. The van der Waals surface area contributed by atoms with E-state index in [9.17, 15) is 34.8 Å². The van der Waals surface area contributed by atoms with E-state index < -0.39 is 39.3 Å². The molecule has 0 aliphatic carbocycles. The van der Waals surface area contributed by atoms with Crippen LogP contribution in [0.25, 0.3) is 0 Å². The molecule has 19 heavy (non-hydrogen) atoms. The molecule has 3 nitrogen and oxygen atoms in total. The molecule has 0 saturated carbocycles. The Kier molecular flexibility index (Phi) is 3.76. The molecule has 0 N–H and O–H groups in total. The van der Waals surface area contributed by atoms with Gasteiger partial charge in [0.05, 0.1) is 17.4 Å². The van der Waals surface area contributed by atoms with Gasteiger partial charge < -0.3 is 4.18 Å². The fraction of sp³-hybridized carbons (Fsp3) is 0.333. The Labute approximate surface area is 103 Å². The number of alkyl halides is 6. The van der Waals surface area contributed by atoms with Crippen molar-refractivity contribution in [1.82, 2.24) is 0 Å². The summed E-state index contributed by atoms with van der Waals surface area (Å²) in [6, 6.07) is 0.224. The molecule has 0 fully saturated rings. The lowest BCUT2D eigenvalue weighted by Crippen LogP contribution is -2.13. The standard InChI is InChI=1S/C9H6F6O3S/c1-19(16,17)18-7-3-5(8(10,11)12)2-6(4-7)9(13,14)15/h2-4H,1H3. The summed E-state index contributed by atoms with van der Waals surface area (Å²) in [5.41, 5.74) is -3.30. The highest BCUT2D eigenvalue weighted by atomic mass is 32.2. The monoisotopic (exact) mass is 308 g/mol. The van der Waals surface area contributed by atoms with Gasteiger partial charge in [-0.25, -0.2) is 0 Å². The molecule has 0 atom stereocenters. The van der Waals surface area contributed by atoms with Crippen LogP contribution in [0.1, 0.15) is 11.1 Å². The Morgan fingerprint density at radius 1 is 0.895 bits per heavy atom. The van der Waals surface area contributed by atoms with Gasteiger partial charge in [-0.15, -0.1) is 0 Å². The lowest BCUT2D eigenvalue weighted by Gasteiger charge is -2.13. The van der Waals surface area contributed by atoms with Gasteiger partial charge in [0.2, 0.25) is 0 Å². The van der Waals surface area contributed by atoms with E-state index in [1.165, 1.54) is 0 Å². The lowest BCUT2D eigenvalue weighted by atomic mass is 10.1. The largest absolute Gasteiger partial charge is 0.416 e. The maximum Gasteiger partial charge on any atom is 0.416 e. The van der Waals surface area contributed by atoms with E-state index in [1.54, 1.807) is 0 Å². The van der Waals surface area contributed by atoms with Crippen LogP contribution in [0.5, 0.6) is 5.75 Å². The minimum Gasteiger partial charge on any atom is -0.383 e. The minimum atomic E-state index is -5.06. The molecule has 1 rings (SSSR count). The molecule has 0 heterocycles. The molecule has 0 radical (unpaired) electrons. The lowest BCUT2D eigenvalue weighted by molar-refractivity contribution is -0.143. The maximum absolute atomic E-state index is 12.4. The van der Waals surface area contributed by atoms with Crippen molar-refractivity contribution in [2.24, 2.45) is 0 Å². The van der Waals surface area contributed by atoms with Crippen LogP contribution in [-0.2, 0) is 22.5 Å². The number of halogens is 6. The Morgan fingerprint density at radius 3 is 1.53 bits per heavy atom. The van der Waals surface area contributed by atoms with Crippen molar-refractivity contribution in [2.75, 3.05) is 6.26 Å². The molecule has 0 aliphatic rings. The Balaban J connectivity index is 3.41. The first-order chi connectivity index (χ1) is 8.29. The summed E-state index contributed by atoms with van der Waals surface area (Å²) in [5.74, 6) is -1.05. The van der Waals surface area contributed by atoms with E-state index in [-0.39, 0.29) is 18.2 Å². The normalized spacial score (nSPS) is 13.4. The highest BCUT2D eigenvalue weighted by Crippen LogP contribution is 2.38. The van der Waals surface area contributed by atoms with Crippen LogP contribution in [0, 0.1) is 0 Å².